The number of oxazole rings is 1. The monoisotopic (exact) mass is 166 g/mol. The van der Waals surface area contributed by atoms with Crippen LogP contribution in [0.25, 0.3) is 0 Å². The Kier molecular flexibility index (Phi) is 2.02. The minimum atomic E-state index is 0.301. The first kappa shape index (κ1) is 7.65. The van der Waals surface area contributed by atoms with Crippen molar-refractivity contribution in [3.05, 3.63) is 12.0 Å². The molecule has 2 rings (SSSR count). The van der Waals surface area contributed by atoms with Crippen LogP contribution in [0.4, 0.5) is 6.01 Å². The number of nitrogens with zero attached hydrogens (tertiary/aromatic N) is 1. The third-order valence-corrected chi connectivity index (χ3v) is 2.56. The van der Waals surface area contributed by atoms with E-state index in [1.165, 1.54) is 32.1 Å². The van der Waals surface area contributed by atoms with Gasteiger partial charge in [0.05, 0.1) is 5.69 Å². The highest BCUT2D eigenvalue weighted by molar-refractivity contribution is 5.15. The first-order chi connectivity index (χ1) is 5.86. The van der Waals surface area contributed by atoms with Crippen LogP contribution >= 0.6 is 0 Å². The van der Waals surface area contributed by atoms with Crippen molar-refractivity contribution in [1.82, 2.24) is 4.98 Å². The maximum atomic E-state index is 5.41. The molecule has 1 aromatic rings. The van der Waals surface area contributed by atoms with Crippen molar-refractivity contribution >= 4 is 6.01 Å². The fraction of sp³-hybridized carbons (Fsp3) is 0.667. The first-order valence-electron chi connectivity index (χ1n) is 4.57. The summed E-state index contributed by atoms with van der Waals surface area (Å²) in [5.74, 6) is 0.597. The molecule has 0 amide bonds. The Morgan fingerprint density at radius 3 is 2.67 bits per heavy atom. The fourth-order valence-electron chi connectivity index (χ4n) is 1.89. The minimum absolute atomic E-state index is 0.301. The zero-order valence-electron chi connectivity index (χ0n) is 7.12. The molecule has 0 aromatic carbocycles. The molecule has 1 aromatic heterocycles. The highest BCUT2D eigenvalue weighted by Crippen LogP contribution is 2.32. The summed E-state index contributed by atoms with van der Waals surface area (Å²) < 4.78 is 4.98. The number of anilines is 1. The Balaban J connectivity index is 2.08. The average molecular weight is 166 g/mol. The van der Waals surface area contributed by atoms with E-state index in [0.29, 0.717) is 11.9 Å². The van der Waals surface area contributed by atoms with Gasteiger partial charge in [-0.05, 0) is 12.8 Å². The maximum absolute atomic E-state index is 5.41. The van der Waals surface area contributed by atoms with Gasteiger partial charge in [-0.2, -0.15) is 4.98 Å². The van der Waals surface area contributed by atoms with E-state index in [-0.39, 0.29) is 0 Å². The molecule has 0 spiro atoms. The van der Waals surface area contributed by atoms with Crippen LogP contribution < -0.4 is 5.73 Å². The van der Waals surface area contributed by atoms with Crippen molar-refractivity contribution < 1.29 is 4.42 Å². The van der Waals surface area contributed by atoms with E-state index >= 15 is 0 Å². The van der Waals surface area contributed by atoms with Gasteiger partial charge in [0.15, 0.2) is 0 Å². The fourth-order valence-corrected chi connectivity index (χ4v) is 1.89. The largest absolute Gasteiger partial charge is 0.432 e. The number of aromatic nitrogens is 1. The van der Waals surface area contributed by atoms with E-state index in [1.807, 2.05) is 0 Å². The summed E-state index contributed by atoms with van der Waals surface area (Å²) in [6.07, 6.45) is 8.18. The van der Waals surface area contributed by atoms with Crippen LogP contribution in [-0.4, -0.2) is 4.98 Å². The van der Waals surface area contributed by atoms with Crippen molar-refractivity contribution in [2.45, 2.75) is 38.0 Å². The molecule has 1 saturated carbocycles. The minimum Gasteiger partial charge on any atom is -0.432 e. The second-order valence-corrected chi connectivity index (χ2v) is 3.45. The molecule has 66 valence electrons. The lowest BCUT2D eigenvalue weighted by Crippen LogP contribution is -2.04. The molecule has 0 bridgehead atoms. The van der Waals surface area contributed by atoms with Crippen LogP contribution in [0.5, 0.6) is 0 Å². The number of nitrogens with two attached hydrogens (primary N) is 1. The molecule has 0 saturated heterocycles. The third-order valence-electron chi connectivity index (χ3n) is 2.56. The molecule has 1 aliphatic carbocycles. The molecule has 12 heavy (non-hydrogen) atoms. The van der Waals surface area contributed by atoms with Gasteiger partial charge in [-0.15, -0.1) is 0 Å². The number of hydrogen-bond donors (Lipinski definition) is 1. The van der Waals surface area contributed by atoms with Crippen LogP contribution in [0, 0.1) is 0 Å². The van der Waals surface area contributed by atoms with Crippen LogP contribution in [0.3, 0.4) is 0 Å². The molecule has 0 aliphatic heterocycles. The lowest BCUT2D eigenvalue weighted by molar-refractivity contribution is 0.435. The SMILES string of the molecule is Nc1nc(C2CCCCC2)co1. The van der Waals surface area contributed by atoms with E-state index in [0.717, 1.165) is 5.69 Å². The van der Waals surface area contributed by atoms with Crippen LogP contribution in [0.2, 0.25) is 0 Å². The van der Waals surface area contributed by atoms with E-state index in [4.69, 9.17) is 10.2 Å². The average Bonchev–Trinajstić information content (AvgIpc) is 2.54. The quantitative estimate of drug-likeness (QED) is 0.696. The van der Waals surface area contributed by atoms with Crippen molar-refractivity contribution in [1.29, 1.82) is 0 Å². The normalized spacial score (nSPS) is 19.7. The summed E-state index contributed by atoms with van der Waals surface area (Å²) in [5, 5.41) is 0. The Labute approximate surface area is 72.0 Å². The van der Waals surface area contributed by atoms with Crippen LogP contribution in [0.15, 0.2) is 10.7 Å². The summed E-state index contributed by atoms with van der Waals surface area (Å²) in [7, 11) is 0. The van der Waals surface area contributed by atoms with Crippen molar-refractivity contribution in [3.63, 3.8) is 0 Å². The van der Waals surface area contributed by atoms with Gasteiger partial charge in [0.2, 0.25) is 0 Å². The lowest BCUT2D eigenvalue weighted by atomic mass is 9.87. The highest BCUT2D eigenvalue weighted by Gasteiger charge is 2.18. The first-order valence-corrected chi connectivity index (χ1v) is 4.57. The second kappa shape index (κ2) is 3.17. The molecule has 0 radical (unpaired) electrons. The number of hydrogen-bond acceptors (Lipinski definition) is 3. The Bertz CT molecular complexity index is 251. The molecular weight excluding hydrogens is 152 g/mol. The van der Waals surface area contributed by atoms with Gasteiger partial charge in [-0.3, -0.25) is 0 Å². The number of rotatable bonds is 1. The van der Waals surface area contributed by atoms with E-state index in [1.54, 1.807) is 6.26 Å². The second-order valence-electron chi connectivity index (χ2n) is 3.45. The van der Waals surface area contributed by atoms with Gasteiger partial charge in [0.1, 0.15) is 6.26 Å². The Morgan fingerprint density at radius 1 is 1.33 bits per heavy atom. The highest BCUT2D eigenvalue weighted by atomic mass is 16.4. The van der Waals surface area contributed by atoms with Crippen LogP contribution in [0.1, 0.15) is 43.7 Å². The zero-order valence-corrected chi connectivity index (χ0v) is 7.12. The predicted molar refractivity (Wildman–Crippen MR) is 46.7 cm³/mol. The van der Waals surface area contributed by atoms with Crippen molar-refractivity contribution in [2.24, 2.45) is 0 Å². The molecule has 1 aliphatic rings. The van der Waals surface area contributed by atoms with Gasteiger partial charge in [0.25, 0.3) is 6.01 Å². The summed E-state index contributed by atoms with van der Waals surface area (Å²) >= 11 is 0. The van der Waals surface area contributed by atoms with Gasteiger partial charge < -0.3 is 10.2 Å². The van der Waals surface area contributed by atoms with E-state index in [9.17, 15) is 0 Å². The molecule has 0 unspecified atom stereocenters. The number of nitrogen functional groups attached to an aromatic ring is 1. The van der Waals surface area contributed by atoms with E-state index in [2.05, 4.69) is 4.98 Å². The molecule has 1 fully saturated rings. The molecule has 3 heteroatoms. The standard InChI is InChI=1S/C9H14N2O/c10-9-11-8(6-12-9)7-4-2-1-3-5-7/h6-7H,1-5H2,(H2,10,11). The van der Waals surface area contributed by atoms with Crippen molar-refractivity contribution in [3.8, 4) is 0 Å². The Morgan fingerprint density at radius 2 is 2.08 bits per heavy atom. The summed E-state index contributed by atoms with van der Waals surface area (Å²) in [6, 6.07) is 0.301. The molecule has 3 nitrogen and oxygen atoms in total. The summed E-state index contributed by atoms with van der Waals surface area (Å²) in [4.78, 5) is 4.15. The topological polar surface area (TPSA) is 52.0 Å². The molecule has 1 heterocycles. The van der Waals surface area contributed by atoms with Gasteiger partial charge >= 0.3 is 0 Å². The summed E-state index contributed by atoms with van der Waals surface area (Å²) in [5.41, 5.74) is 6.46. The summed E-state index contributed by atoms with van der Waals surface area (Å²) in [6.45, 7) is 0. The maximum Gasteiger partial charge on any atom is 0.292 e. The zero-order chi connectivity index (χ0) is 8.39. The predicted octanol–water partition coefficient (Wildman–Crippen LogP) is 2.30. The molecular formula is C9H14N2O. The smallest absolute Gasteiger partial charge is 0.292 e. The molecule has 2 N–H and O–H groups in total. The van der Waals surface area contributed by atoms with Crippen LogP contribution in [-0.2, 0) is 0 Å². The van der Waals surface area contributed by atoms with E-state index < -0.39 is 0 Å². The lowest BCUT2D eigenvalue weighted by Gasteiger charge is -2.18. The molecule has 0 atom stereocenters. The van der Waals surface area contributed by atoms with Gasteiger partial charge in [-0.1, -0.05) is 19.3 Å². The third kappa shape index (κ3) is 1.44. The van der Waals surface area contributed by atoms with Gasteiger partial charge in [-0.25, -0.2) is 0 Å². The van der Waals surface area contributed by atoms with Crippen molar-refractivity contribution in [2.75, 3.05) is 5.73 Å². The van der Waals surface area contributed by atoms with Gasteiger partial charge in [0, 0.05) is 5.92 Å². The Hall–Kier alpha value is -0.990.